The van der Waals surface area contributed by atoms with E-state index in [-0.39, 0.29) is 6.10 Å². The summed E-state index contributed by atoms with van der Waals surface area (Å²) in [7, 11) is 0. The van der Waals surface area contributed by atoms with Gasteiger partial charge in [0.25, 0.3) is 0 Å². The third-order valence-corrected chi connectivity index (χ3v) is 5.30. The zero-order valence-corrected chi connectivity index (χ0v) is 9.93. The van der Waals surface area contributed by atoms with Crippen LogP contribution in [-0.2, 0) is 0 Å². The van der Waals surface area contributed by atoms with Crippen LogP contribution in [0.3, 0.4) is 0 Å². The molecule has 1 aliphatic heterocycles. The standard InChI is InChI=1S/C12H22OS/c1-2-9-4-3-5-10(6-9)11-7-14-8-12(11)13/h9-13H,2-8H2,1H3. The lowest BCUT2D eigenvalue weighted by Gasteiger charge is -2.33. The van der Waals surface area contributed by atoms with Crippen LogP contribution in [-0.4, -0.2) is 22.7 Å². The van der Waals surface area contributed by atoms with Crippen LogP contribution in [0.15, 0.2) is 0 Å². The van der Waals surface area contributed by atoms with Gasteiger partial charge in [0.1, 0.15) is 0 Å². The topological polar surface area (TPSA) is 20.2 Å². The minimum Gasteiger partial charge on any atom is -0.392 e. The molecule has 1 saturated carbocycles. The molecule has 2 aliphatic rings. The molecule has 4 atom stereocenters. The maximum atomic E-state index is 9.88. The first kappa shape index (κ1) is 10.8. The van der Waals surface area contributed by atoms with Crippen molar-refractivity contribution in [3.05, 3.63) is 0 Å². The zero-order chi connectivity index (χ0) is 9.97. The van der Waals surface area contributed by atoms with E-state index in [1.54, 1.807) is 0 Å². The molecule has 0 amide bonds. The normalized spacial score (nSPS) is 44.1. The minimum atomic E-state index is 0.000561. The van der Waals surface area contributed by atoms with E-state index in [1.165, 1.54) is 37.9 Å². The van der Waals surface area contributed by atoms with Crippen molar-refractivity contribution in [1.82, 2.24) is 0 Å². The third kappa shape index (κ3) is 2.27. The Kier molecular flexibility index (Phi) is 3.78. The molecular weight excluding hydrogens is 192 g/mol. The highest BCUT2D eigenvalue weighted by atomic mass is 32.2. The molecule has 0 aromatic heterocycles. The fourth-order valence-corrected chi connectivity index (χ4v) is 4.49. The van der Waals surface area contributed by atoms with Crippen LogP contribution in [0.4, 0.5) is 0 Å². The van der Waals surface area contributed by atoms with Gasteiger partial charge in [0, 0.05) is 5.75 Å². The number of hydrogen-bond acceptors (Lipinski definition) is 2. The van der Waals surface area contributed by atoms with Crippen LogP contribution in [0.25, 0.3) is 0 Å². The molecule has 1 N–H and O–H groups in total. The molecule has 4 unspecified atom stereocenters. The van der Waals surface area contributed by atoms with E-state index in [0.717, 1.165) is 17.6 Å². The molecule has 0 radical (unpaired) electrons. The van der Waals surface area contributed by atoms with E-state index in [4.69, 9.17) is 0 Å². The summed E-state index contributed by atoms with van der Waals surface area (Å²) in [5, 5.41) is 9.88. The Balaban J connectivity index is 1.90. The van der Waals surface area contributed by atoms with Crippen LogP contribution < -0.4 is 0 Å². The Bertz CT molecular complexity index is 183. The van der Waals surface area contributed by atoms with Gasteiger partial charge in [-0.25, -0.2) is 0 Å². The quantitative estimate of drug-likeness (QED) is 0.762. The predicted octanol–water partition coefficient (Wildman–Crippen LogP) is 2.93. The van der Waals surface area contributed by atoms with Crippen molar-refractivity contribution in [3.8, 4) is 0 Å². The first-order chi connectivity index (χ1) is 6.81. The van der Waals surface area contributed by atoms with Crippen LogP contribution >= 0.6 is 11.8 Å². The molecule has 2 heteroatoms. The SMILES string of the molecule is CCC1CCCC(C2CSCC2O)C1. The summed E-state index contributed by atoms with van der Waals surface area (Å²) in [6.45, 7) is 2.31. The van der Waals surface area contributed by atoms with Gasteiger partial charge >= 0.3 is 0 Å². The molecule has 82 valence electrons. The molecule has 2 fully saturated rings. The molecule has 0 spiro atoms. The number of aliphatic hydroxyl groups excluding tert-OH is 1. The summed E-state index contributed by atoms with van der Waals surface area (Å²) in [5.74, 6) is 4.60. The Morgan fingerprint density at radius 3 is 2.79 bits per heavy atom. The second-order valence-corrected chi connectivity index (χ2v) is 6.04. The van der Waals surface area contributed by atoms with E-state index < -0.39 is 0 Å². The van der Waals surface area contributed by atoms with Crippen molar-refractivity contribution >= 4 is 11.8 Å². The van der Waals surface area contributed by atoms with Gasteiger partial charge in [-0.1, -0.05) is 32.6 Å². The highest BCUT2D eigenvalue weighted by Crippen LogP contribution is 2.40. The number of aliphatic hydroxyl groups is 1. The van der Waals surface area contributed by atoms with E-state index in [1.807, 2.05) is 11.8 Å². The van der Waals surface area contributed by atoms with Gasteiger partial charge in [-0.05, 0) is 29.9 Å². The molecule has 1 nitrogen and oxygen atoms in total. The third-order valence-electron chi connectivity index (χ3n) is 4.10. The van der Waals surface area contributed by atoms with Gasteiger partial charge in [-0.3, -0.25) is 0 Å². The second-order valence-electron chi connectivity index (χ2n) is 4.97. The van der Waals surface area contributed by atoms with Crippen molar-refractivity contribution in [2.24, 2.45) is 17.8 Å². The number of hydrogen-bond donors (Lipinski definition) is 1. The van der Waals surface area contributed by atoms with Crippen molar-refractivity contribution in [2.75, 3.05) is 11.5 Å². The molecule has 1 heterocycles. The average molecular weight is 214 g/mol. The molecule has 1 saturated heterocycles. The molecule has 2 rings (SSSR count). The Morgan fingerprint density at radius 1 is 1.29 bits per heavy atom. The van der Waals surface area contributed by atoms with E-state index in [0.29, 0.717) is 5.92 Å². The Hall–Kier alpha value is 0.310. The van der Waals surface area contributed by atoms with Crippen LogP contribution in [0.5, 0.6) is 0 Å². The molecule has 1 aliphatic carbocycles. The largest absolute Gasteiger partial charge is 0.392 e. The molecule has 14 heavy (non-hydrogen) atoms. The van der Waals surface area contributed by atoms with Crippen molar-refractivity contribution < 1.29 is 5.11 Å². The molecule has 0 aromatic carbocycles. The van der Waals surface area contributed by atoms with Crippen LogP contribution in [0, 0.1) is 17.8 Å². The van der Waals surface area contributed by atoms with E-state index in [2.05, 4.69) is 6.92 Å². The van der Waals surface area contributed by atoms with E-state index in [9.17, 15) is 5.11 Å². The Labute approximate surface area is 91.7 Å². The summed E-state index contributed by atoms with van der Waals surface area (Å²) >= 11 is 1.94. The first-order valence-corrected chi connectivity index (χ1v) is 7.22. The first-order valence-electron chi connectivity index (χ1n) is 6.07. The molecular formula is C12H22OS. The fourth-order valence-electron chi connectivity index (χ4n) is 3.10. The minimum absolute atomic E-state index is 0.000561. The van der Waals surface area contributed by atoms with Gasteiger partial charge in [-0.15, -0.1) is 0 Å². The average Bonchev–Trinajstić information content (AvgIpc) is 2.65. The fraction of sp³-hybridized carbons (Fsp3) is 1.00. The van der Waals surface area contributed by atoms with Crippen molar-refractivity contribution in [2.45, 2.75) is 45.1 Å². The lowest BCUT2D eigenvalue weighted by atomic mass is 9.73. The maximum absolute atomic E-state index is 9.88. The summed E-state index contributed by atoms with van der Waals surface area (Å²) in [4.78, 5) is 0. The summed E-state index contributed by atoms with van der Waals surface area (Å²) < 4.78 is 0. The van der Waals surface area contributed by atoms with Crippen molar-refractivity contribution in [3.63, 3.8) is 0 Å². The summed E-state index contributed by atoms with van der Waals surface area (Å²) in [6.07, 6.45) is 6.94. The van der Waals surface area contributed by atoms with Gasteiger partial charge < -0.3 is 5.11 Å². The van der Waals surface area contributed by atoms with Gasteiger partial charge in [0.05, 0.1) is 6.10 Å². The monoisotopic (exact) mass is 214 g/mol. The highest BCUT2D eigenvalue weighted by Gasteiger charge is 2.35. The zero-order valence-electron chi connectivity index (χ0n) is 9.11. The number of rotatable bonds is 2. The summed E-state index contributed by atoms with van der Waals surface area (Å²) in [6, 6.07) is 0. The predicted molar refractivity (Wildman–Crippen MR) is 62.6 cm³/mol. The lowest BCUT2D eigenvalue weighted by molar-refractivity contribution is 0.0843. The molecule has 0 bridgehead atoms. The van der Waals surface area contributed by atoms with Crippen LogP contribution in [0.1, 0.15) is 39.0 Å². The van der Waals surface area contributed by atoms with Gasteiger partial charge in [0.2, 0.25) is 0 Å². The maximum Gasteiger partial charge on any atom is 0.0669 e. The number of thioether (sulfide) groups is 1. The Morgan fingerprint density at radius 2 is 2.14 bits per heavy atom. The van der Waals surface area contributed by atoms with Crippen molar-refractivity contribution in [1.29, 1.82) is 0 Å². The lowest BCUT2D eigenvalue weighted by Crippen LogP contribution is -2.30. The summed E-state index contributed by atoms with van der Waals surface area (Å²) in [5.41, 5.74) is 0. The van der Waals surface area contributed by atoms with Crippen LogP contribution in [0.2, 0.25) is 0 Å². The second kappa shape index (κ2) is 4.89. The van der Waals surface area contributed by atoms with Gasteiger partial charge in [-0.2, -0.15) is 11.8 Å². The molecule has 0 aromatic rings. The van der Waals surface area contributed by atoms with Gasteiger partial charge in [0.15, 0.2) is 0 Å². The van der Waals surface area contributed by atoms with E-state index >= 15 is 0 Å². The highest BCUT2D eigenvalue weighted by molar-refractivity contribution is 7.99. The smallest absolute Gasteiger partial charge is 0.0669 e.